The van der Waals surface area contributed by atoms with Crippen molar-refractivity contribution in [3.8, 4) is 5.75 Å². The van der Waals surface area contributed by atoms with E-state index in [-0.39, 0.29) is 10.8 Å². The van der Waals surface area contributed by atoms with E-state index in [2.05, 4.69) is 13.0 Å². The molecule has 0 saturated heterocycles. The van der Waals surface area contributed by atoms with Gasteiger partial charge < -0.3 is 9.64 Å². The minimum Gasteiger partial charge on any atom is -0.495 e. The number of sulfonamides is 1. The average Bonchev–Trinajstić information content (AvgIpc) is 2.82. The summed E-state index contributed by atoms with van der Waals surface area (Å²) in [6, 6.07) is 21.0. The molecule has 6 nitrogen and oxygen atoms in total. The molecule has 4 rings (SSSR count). The summed E-state index contributed by atoms with van der Waals surface area (Å²) < 4.78 is 32.8. The number of benzene rings is 3. The van der Waals surface area contributed by atoms with Crippen molar-refractivity contribution in [1.82, 2.24) is 0 Å². The van der Waals surface area contributed by atoms with E-state index in [0.29, 0.717) is 29.5 Å². The van der Waals surface area contributed by atoms with Gasteiger partial charge in [-0.1, -0.05) is 37.3 Å². The van der Waals surface area contributed by atoms with E-state index in [0.717, 1.165) is 17.7 Å². The predicted octanol–water partition coefficient (Wildman–Crippen LogP) is 4.36. The number of fused-ring (bicyclic) bond motifs is 1. The summed E-state index contributed by atoms with van der Waals surface area (Å²) in [5, 5.41) is 0. The molecule has 1 heterocycles. The number of carbonyl (C=O) groups is 1. The maximum absolute atomic E-state index is 13.3. The molecule has 0 fully saturated rings. The first-order valence-electron chi connectivity index (χ1n) is 10.4. The van der Waals surface area contributed by atoms with E-state index in [1.165, 1.54) is 30.6 Å². The molecule has 0 N–H and O–H groups in total. The van der Waals surface area contributed by atoms with Crippen LogP contribution in [0, 0.1) is 5.92 Å². The van der Waals surface area contributed by atoms with E-state index in [1.54, 1.807) is 41.3 Å². The van der Waals surface area contributed by atoms with Gasteiger partial charge in [0.25, 0.3) is 15.9 Å². The number of rotatable bonds is 5. The molecule has 1 aliphatic heterocycles. The second-order valence-corrected chi connectivity index (χ2v) is 9.99. The van der Waals surface area contributed by atoms with Crippen LogP contribution in [0.3, 0.4) is 0 Å². The number of nitrogens with zero attached hydrogens (tertiary/aromatic N) is 2. The van der Waals surface area contributed by atoms with E-state index in [9.17, 15) is 13.2 Å². The zero-order valence-corrected chi connectivity index (χ0v) is 19.2. The normalized spacial score (nSPS) is 15.7. The fraction of sp³-hybridized carbons (Fsp3) is 0.240. The monoisotopic (exact) mass is 450 g/mol. The number of para-hydroxylation sites is 3. The SMILES string of the molecule is COc1ccccc1N(C)S(=O)(=O)c1ccc(C(=O)N2CC(C)Cc3ccccc32)cc1. The second kappa shape index (κ2) is 8.67. The summed E-state index contributed by atoms with van der Waals surface area (Å²) in [5.41, 5.74) is 2.96. The van der Waals surface area contributed by atoms with E-state index < -0.39 is 10.0 Å². The summed E-state index contributed by atoms with van der Waals surface area (Å²) in [6.07, 6.45) is 0.937. The Bertz CT molecular complexity index is 1240. The van der Waals surface area contributed by atoms with E-state index in [4.69, 9.17) is 4.74 Å². The number of anilines is 2. The number of amides is 1. The Labute approximate surface area is 189 Å². The van der Waals surface area contributed by atoms with Crippen LogP contribution in [0.2, 0.25) is 0 Å². The van der Waals surface area contributed by atoms with Gasteiger partial charge in [-0.2, -0.15) is 0 Å². The Kier molecular flexibility index (Phi) is 5.93. The smallest absolute Gasteiger partial charge is 0.264 e. The second-order valence-electron chi connectivity index (χ2n) is 8.02. The molecule has 166 valence electrons. The van der Waals surface area contributed by atoms with Crippen molar-refractivity contribution in [2.24, 2.45) is 5.92 Å². The molecule has 0 aliphatic carbocycles. The van der Waals surface area contributed by atoms with Crippen LogP contribution in [-0.4, -0.2) is 35.0 Å². The van der Waals surface area contributed by atoms with Gasteiger partial charge in [0, 0.05) is 24.8 Å². The lowest BCUT2D eigenvalue weighted by Crippen LogP contribution is -2.39. The molecule has 3 aromatic carbocycles. The maximum Gasteiger partial charge on any atom is 0.264 e. The Morgan fingerprint density at radius 1 is 1.00 bits per heavy atom. The van der Waals surface area contributed by atoms with Crippen molar-refractivity contribution < 1.29 is 17.9 Å². The lowest BCUT2D eigenvalue weighted by Gasteiger charge is -2.33. The van der Waals surface area contributed by atoms with Crippen LogP contribution in [-0.2, 0) is 16.4 Å². The first kappa shape index (κ1) is 21.9. The summed E-state index contributed by atoms with van der Waals surface area (Å²) in [7, 11) is -0.837. The third kappa shape index (κ3) is 3.96. The van der Waals surface area contributed by atoms with Crippen LogP contribution >= 0.6 is 0 Å². The van der Waals surface area contributed by atoms with Gasteiger partial charge in [-0.3, -0.25) is 9.10 Å². The summed E-state index contributed by atoms with van der Waals surface area (Å²) in [4.78, 5) is 15.1. The lowest BCUT2D eigenvalue weighted by atomic mass is 9.93. The van der Waals surface area contributed by atoms with E-state index in [1.807, 2.05) is 18.2 Å². The van der Waals surface area contributed by atoms with Crippen molar-refractivity contribution in [2.75, 3.05) is 29.9 Å². The van der Waals surface area contributed by atoms with Crippen molar-refractivity contribution in [3.05, 3.63) is 83.9 Å². The highest BCUT2D eigenvalue weighted by atomic mass is 32.2. The Balaban J connectivity index is 1.61. The summed E-state index contributed by atoms with van der Waals surface area (Å²) in [6.45, 7) is 2.76. The fourth-order valence-electron chi connectivity index (χ4n) is 4.09. The molecule has 1 aliphatic rings. The van der Waals surface area contributed by atoms with Gasteiger partial charge in [0.15, 0.2) is 0 Å². The molecule has 1 atom stereocenters. The third-order valence-electron chi connectivity index (χ3n) is 5.77. The van der Waals surface area contributed by atoms with Crippen LogP contribution in [0.5, 0.6) is 5.75 Å². The Hall–Kier alpha value is -3.32. The van der Waals surface area contributed by atoms with Crippen molar-refractivity contribution >= 4 is 27.3 Å². The van der Waals surface area contributed by atoms with Gasteiger partial charge in [-0.05, 0) is 60.4 Å². The topological polar surface area (TPSA) is 66.9 Å². The van der Waals surface area contributed by atoms with Gasteiger partial charge in [-0.15, -0.1) is 0 Å². The molecule has 0 saturated carbocycles. The molecule has 0 bridgehead atoms. The number of hydrogen-bond donors (Lipinski definition) is 0. The van der Waals surface area contributed by atoms with Crippen LogP contribution in [0.25, 0.3) is 0 Å². The van der Waals surface area contributed by atoms with Gasteiger partial charge in [-0.25, -0.2) is 8.42 Å². The van der Waals surface area contributed by atoms with Gasteiger partial charge in [0.1, 0.15) is 5.75 Å². The van der Waals surface area contributed by atoms with Gasteiger partial charge in [0.05, 0.1) is 17.7 Å². The quantitative estimate of drug-likeness (QED) is 0.579. The first-order chi connectivity index (χ1) is 15.3. The third-order valence-corrected chi connectivity index (χ3v) is 7.56. The van der Waals surface area contributed by atoms with Crippen molar-refractivity contribution in [2.45, 2.75) is 18.2 Å². The minimum atomic E-state index is -3.82. The fourth-order valence-corrected chi connectivity index (χ4v) is 5.30. The minimum absolute atomic E-state index is 0.106. The number of hydrogen-bond acceptors (Lipinski definition) is 4. The molecule has 1 amide bonds. The number of methoxy groups -OCH3 is 1. The maximum atomic E-state index is 13.3. The van der Waals surface area contributed by atoms with Crippen LogP contribution < -0.4 is 13.9 Å². The summed E-state index contributed by atoms with van der Waals surface area (Å²) in [5.74, 6) is 0.678. The number of carbonyl (C=O) groups excluding carboxylic acids is 1. The first-order valence-corrected chi connectivity index (χ1v) is 11.9. The standard InChI is InChI=1S/C25H26N2O4S/c1-18-16-20-8-4-5-9-22(20)27(17-18)25(28)19-12-14-21(15-13-19)32(29,30)26(2)23-10-6-7-11-24(23)31-3/h4-15,18H,16-17H2,1-3H3. The highest BCUT2D eigenvalue weighted by Crippen LogP contribution is 2.32. The molecule has 7 heteroatoms. The van der Waals surface area contributed by atoms with Gasteiger partial charge >= 0.3 is 0 Å². The van der Waals surface area contributed by atoms with E-state index >= 15 is 0 Å². The Morgan fingerprint density at radius 3 is 2.38 bits per heavy atom. The predicted molar refractivity (Wildman–Crippen MR) is 126 cm³/mol. The molecular formula is C25H26N2O4S. The molecule has 3 aromatic rings. The highest BCUT2D eigenvalue weighted by Gasteiger charge is 2.28. The molecule has 0 aromatic heterocycles. The summed E-state index contributed by atoms with van der Waals surface area (Å²) >= 11 is 0. The molecule has 1 unspecified atom stereocenters. The van der Waals surface area contributed by atoms with Crippen LogP contribution in [0.15, 0.2) is 77.7 Å². The molecule has 0 radical (unpaired) electrons. The molecular weight excluding hydrogens is 424 g/mol. The average molecular weight is 451 g/mol. The van der Waals surface area contributed by atoms with Crippen LogP contribution in [0.1, 0.15) is 22.8 Å². The zero-order chi connectivity index (χ0) is 22.9. The van der Waals surface area contributed by atoms with Gasteiger partial charge in [0.2, 0.25) is 0 Å². The van der Waals surface area contributed by atoms with Crippen molar-refractivity contribution in [3.63, 3.8) is 0 Å². The molecule has 32 heavy (non-hydrogen) atoms. The largest absolute Gasteiger partial charge is 0.495 e. The van der Waals surface area contributed by atoms with Crippen molar-refractivity contribution in [1.29, 1.82) is 0 Å². The van der Waals surface area contributed by atoms with Crippen LogP contribution in [0.4, 0.5) is 11.4 Å². The number of ether oxygens (including phenoxy) is 1. The highest BCUT2D eigenvalue weighted by molar-refractivity contribution is 7.92. The Morgan fingerprint density at radius 2 is 1.66 bits per heavy atom. The molecule has 0 spiro atoms. The zero-order valence-electron chi connectivity index (χ0n) is 18.4. The lowest BCUT2D eigenvalue weighted by molar-refractivity contribution is 0.0981.